The van der Waals surface area contributed by atoms with Crippen LogP contribution in [0.3, 0.4) is 0 Å². The standard InChI is InChI=1S/C14H25N3O2/c1-6-8-16-12(14(3,7-2)19-5)11-13(18-4)17-10-9-15-11/h9-10,12,16H,6-8H2,1-5H3. The van der Waals surface area contributed by atoms with Crippen molar-refractivity contribution in [2.45, 2.75) is 45.3 Å². The van der Waals surface area contributed by atoms with Crippen LogP contribution in [0.5, 0.6) is 5.88 Å². The van der Waals surface area contributed by atoms with Crippen LogP contribution in [0, 0.1) is 0 Å². The van der Waals surface area contributed by atoms with Crippen LogP contribution in [-0.2, 0) is 4.74 Å². The Hall–Kier alpha value is -1.20. The van der Waals surface area contributed by atoms with Crippen LogP contribution in [0.25, 0.3) is 0 Å². The Kier molecular flexibility index (Phi) is 6.18. The van der Waals surface area contributed by atoms with Gasteiger partial charge in [-0.25, -0.2) is 4.98 Å². The normalized spacial score (nSPS) is 15.8. The Bertz CT molecular complexity index is 381. The lowest BCUT2D eigenvalue weighted by Crippen LogP contribution is -2.43. The van der Waals surface area contributed by atoms with Crippen molar-refractivity contribution in [1.82, 2.24) is 15.3 Å². The van der Waals surface area contributed by atoms with Crippen LogP contribution in [0.15, 0.2) is 12.4 Å². The molecule has 0 saturated carbocycles. The maximum absolute atomic E-state index is 5.71. The van der Waals surface area contributed by atoms with Crippen molar-refractivity contribution >= 4 is 0 Å². The van der Waals surface area contributed by atoms with Crippen molar-refractivity contribution in [2.24, 2.45) is 0 Å². The first kappa shape index (κ1) is 15.9. The van der Waals surface area contributed by atoms with Crippen LogP contribution in [-0.4, -0.2) is 36.3 Å². The smallest absolute Gasteiger partial charge is 0.237 e. The molecule has 0 aliphatic carbocycles. The highest BCUT2D eigenvalue weighted by molar-refractivity contribution is 5.24. The van der Waals surface area contributed by atoms with E-state index in [0.29, 0.717) is 5.88 Å². The first-order valence-electron chi connectivity index (χ1n) is 6.76. The highest BCUT2D eigenvalue weighted by Gasteiger charge is 2.36. The van der Waals surface area contributed by atoms with Crippen LogP contribution >= 0.6 is 0 Å². The Balaban J connectivity index is 3.15. The zero-order valence-corrected chi connectivity index (χ0v) is 12.6. The molecule has 5 heteroatoms. The highest BCUT2D eigenvalue weighted by Crippen LogP contribution is 2.34. The number of hydrogen-bond donors (Lipinski definition) is 1. The van der Waals surface area contributed by atoms with Gasteiger partial charge in [0.25, 0.3) is 0 Å². The molecule has 0 fully saturated rings. The van der Waals surface area contributed by atoms with E-state index < -0.39 is 0 Å². The summed E-state index contributed by atoms with van der Waals surface area (Å²) in [5.74, 6) is 0.549. The van der Waals surface area contributed by atoms with E-state index in [4.69, 9.17) is 9.47 Å². The fraction of sp³-hybridized carbons (Fsp3) is 0.714. The molecule has 0 spiro atoms. The Morgan fingerprint density at radius 3 is 2.47 bits per heavy atom. The molecular formula is C14H25N3O2. The zero-order chi connectivity index (χ0) is 14.3. The molecule has 5 nitrogen and oxygen atoms in total. The molecule has 2 atom stereocenters. The Morgan fingerprint density at radius 1 is 1.26 bits per heavy atom. The number of aromatic nitrogens is 2. The van der Waals surface area contributed by atoms with Gasteiger partial charge < -0.3 is 14.8 Å². The third-order valence-corrected chi connectivity index (χ3v) is 3.54. The van der Waals surface area contributed by atoms with Gasteiger partial charge in [0.2, 0.25) is 5.88 Å². The van der Waals surface area contributed by atoms with Crippen LogP contribution in [0.4, 0.5) is 0 Å². The molecule has 1 aromatic heterocycles. The molecule has 1 heterocycles. The number of nitrogens with zero attached hydrogens (tertiary/aromatic N) is 2. The van der Waals surface area contributed by atoms with Gasteiger partial charge in [-0.05, 0) is 26.3 Å². The maximum atomic E-state index is 5.71. The monoisotopic (exact) mass is 267 g/mol. The first-order valence-corrected chi connectivity index (χ1v) is 6.76. The predicted octanol–water partition coefficient (Wildman–Crippen LogP) is 2.34. The average molecular weight is 267 g/mol. The predicted molar refractivity (Wildman–Crippen MR) is 75.3 cm³/mol. The lowest BCUT2D eigenvalue weighted by atomic mass is 9.90. The van der Waals surface area contributed by atoms with Crippen LogP contribution in [0.2, 0.25) is 0 Å². The molecule has 0 saturated heterocycles. The summed E-state index contributed by atoms with van der Waals surface area (Å²) in [6, 6.07) is -0.0499. The summed E-state index contributed by atoms with van der Waals surface area (Å²) >= 11 is 0. The molecular weight excluding hydrogens is 242 g/mol. The van der Waals surface area contributed by atoms with Crippen molar-refractivity contribution in [3.8, 4) is 5.88 Å². The summed E-state index contributed by atoms with van der Waals surface area (Å²) in [6.45, 7) is 7.21. The molecule has 2 unspecified atom stereocenters. The largest absolute Gasteiger partial charge is 0.480 e. The van der Waals surface area contributed by atoms with Gasteiger partial charge >= 0.3 is 0 Å². The zero-order valence-electron chi connectivity index (χ0n) is 12.6. The van der Waals surface area contributed by atoms with E-state index in [1.807, 2.05) is 0 Å². The molecule has 1 N–H and O–H groups in total. The molecule has 0 aliphatic heterocycles. The summed E-state index contributed by atoms with van der Waals surface area (Å²) in [7, 11) is 3.34. The third-order valence-electron chi connectivity index (χ3n) is 3.54. The minimum absolute atomic E-state index is 0.0499. The topological polar surface area (TPSA) is 56.3 Å². The first-order chi connectivity index (χ1) is 9.12. The summed E-state index contributed by atoms with van der Waals surface area (Å²) in [4.78, 5) is 8.66. The van der Waals surface area contributed by atoms with Gasteiger partial charge in [-0.15, -0.1) is 0 Å². The van der Waals surface area contributed by atoms with Crippen LogP contribution < -0.4 is 10.1 Å². The molecule has 0 aromatic carbocycles. The van der Waals surface area contributed by atoms with Gasteiger partial charge in [0.05, 0.1) is 18.8 Å². The molecule has 0 aliphatic rings. The maximum Gasteiger partial charge on any atom is 0.237 e. The third kappa shape index (κ3) is 3.64. The van der Waals surface area contributed by atoms with Gasteiger partial charge in [0.1, 0.15) is 5.69 Å². The second kappa shape index (κ2) is 7.40. The summed E-state index contributed by atoms with van der Waals surface area (Å²) < 4.78 is 11.0. The average Bonchev–Trinajstić information content (AvgIpc) is 2.47. The van der Waals surface area contributed by atoms with E-state index in [9.17, 15) is 0 Å². The Morgan fingerprint density at radius 2 is 1.95 bits per heavy atom. The van der Waals surface area contributed by atoms with Gasteiger partial charge in [-0.2, -0.15) is 0 Å². The van der Waals surface area contributed by atoms with E-state index >= 15 is 0 Å². The van der Waals surface area contributed by atoms with Gasteiger partial charge in [-0.3, -0.25) is 4.98 Å². The molecule has 0 amide bonds. The fourth-order valence-corrected chi connectivity index (χ4v) is 2.05. The van der Waals surface area contributed by atoms with E-state index in [-0.39, 0.29) is 11.6 Å². The lowest BCUT2D eigenvalue weighted by molar-refractivity contribution is -0.0317. The fourth-order valence-electron chi connectivity index (χ4n) is 2.05. The van der Waals surface area contributed by atoms with E-state index in [1.54, 1.807) is 26.6 Å². The molecule has 0 radical (unpaired) electrons. The number of nitrogens with one attached hydrogen (secondary N) is 1. The SMILES string of the molecule is CCCNC(c1nccnc1OC)C(C)(CC)OC. The summed E-state index contributed by atoms with van der Waals surface area (Å²) in [5.41, 5.74) is 0.447. The van der Waals surface area contributed by atoms with Crippen molar-refractivity contribution in [1.29, 1.82) is 0 Å². The van der Waals surface area contributed by atoms with Crippen molar-refractivity contribution in [2.75, 3.05) is 20.8 Å². The van der Waals surface area contributed by atoms with E-state index in [2.05, 4.69) is 36.1 Å². The van der Waals surface area contributed by atoms with E-state index in [1.165, 1.54) is 0 Å². The van der Waals surface area contributed by atoms with Gasteiger partial charge in [0, 0.05) is 19.5 Å². The second-order valence-electron chi connectivity index (χ2n) is 4.71. The van der Waals surface area contributed by atoms with E-state index in [0.717, 1.165) is 25.1 Å². The minimum Gasteiger partial charge on any atom is -0.480 e. The minimum atomic E-state index is -0.349. The van der Waals surface area contributed by atoms with Gasteiger partial charge in [-0.1, -0.05) is 13.8 Å². The number of methoxy groups -OCH3 is 2. The molecule has 1 rings (SSSR count). The van der Waals surface area contributed by atoms with Crippen molar-refractivity contribution < 1.29 is 9.47 Å². The molecule has 108 valence electrons. The number of rotatable bonds is 8. The van der Waals surface area contributed by atoms with Crippen molar-refractivity contribution in [3.63, 3.8) is 0 Å². The number of ether oxygens (including phenoxy) is 2. The van der Waals surface area contributed by atoms with Gasteiger partial charge in [0.15, 0.2) is 0 Å². The molecule has 1 aromatic rings. The van der Waals surface area contributed by atoms with Crippen molar-refractivity contribution in [3.05, 3.63) is 18.1 Å². The number of hydrogen-bond acceptors (Lipinski definition) is 5. The quantitative estimate of drug-likeness (QED) is 0.783. The second-order valence-corrected chi connectivity index (χ2v) is 4.71. The molecule has 19 heavy (non-hydrogen) atoms. The highest BCUT2D eigenvalue weighted by atomic mass is 16.5. The summed E-state index contributed by atoms with van der Waals surface area (Å²) in [6.07, 6.45) is 5.23. The summed E-state index contributed by atoms with van der Waals surface area (Å²) in [5, 5.41) is 3.50. The van der Waals surface area contributed by atoms with Crippen LogP contribution in [0.1, 0.15) is 45.3 Å². The Labute approximate surface area is 115 Å². The lowest BCUT2D eigenvalue weighted by Gasteiger charge is -2.36. The molecule has 0 bridgehead atoms.